The summed E-state index contributed by atoms with van der Waals surface area (Å²) in [6, 6.07) is 7.52. The molecule has 0 saturated heterocycles. The molecule has 3 rings (SSSR count). The minimum absolute atomic E-state index is 0.0148. The number of aryl methyl sites for hydroxylation is 1. The monoisotopic (exact) mass is 442 g/mol. The first kappa shape index (κ1) is 22.9. The van der Waals surface area contributed by atoms with E-state index in [0.29, 0.717) is 34.4 Å². The fourth-order valence-corrected chi connectivity index (χ4v) is 4.69. The number of benzene rings is 1. The average molecular weight is 443 g/mol. The van der Waals surface area contributed by atoms with E-state index in [2.05, 4.69) is 18.3 Å². The molecule has 6 nitrogen and oxygen atoms in total. The number of rotatable bonds is 9. The van der Waals surface area contributed by atoms with Crippen molar-refractivity contribution in [3.05, 3.63) is 56.1 Å². The summed E-state index contributed by atoms with van der Waals surface area (Å²) in [6.07, 6.45) is 4.26. The van der Waals surface area contributed by atoms with Crippen LogP contribution in [0.1, 0.15) is 59.8 Å². The lowest BCUT2D eigenvalue weighted by Crippen LogP contribution is -2.29. The topological polar surface area (TPSA) is 69.6 Å². The Morgan fingerprint density at radius 3 is 2.19 bits per heavy atom. The Hall–Kier alpha value is -2.80. The van der Waals surface area contributed by atoms with Crippen LogP contribution in [0.5, 0.6) is 11.5 Å². The van der Waals surface area contributed by atoms with Gasteiger partial charge in [-0.3, -0.25) is 9.59 Å². The van der Waals surface area contributed by atoms with Crippen molar-refractivity contribution >= 4 is 28.0 Å². The van der Waals surface area contributed by atoms with Gasteiger partial charge < -0.3 is 19.4 Å². The molecule has 166 valence electrons. The highest BCUT2D eigenvalue weighted by Gasteiger charge is 2.20. The smallest absolute Gasteiger partial charge is 0.258 e. The molecular weight excluding hydrogens is 412 g/mol. The summed E-state index contributed by atoms with van der Waals surface area (Å²) < 4.78 is 12.5. The Labute approximate surface area is 186 Å². The average Bonchev–Trinajstić information content (AvgIpc) is 3.27. The molecule has 0 aliphatic rings. The van der Waals surface area contributed by atoms with Crippen LogP contribution in [0.3, 0.4) is 0 Å². The van der Waals surface area contributed by atoms with Crippen molar-refractivity contribution in [2.45, 2.75) is 52.6 Å². The van der Waals surface area contributed by atoms with Gasteiger partial charge in [-0.1, -0.05) is 20.8 Å². The third kappa shape index (κ3) is 4.61. The van der Waals surface area contributed by atoms with E-state index in [0.717, 1.165) is 24.1 Å². The first-order valence-electron chi connectivity index (χ1n) is 10.6. The lowest BCUT2D eigenvalue weighted by molar-refractivity contribution is 0.0952. The Bertz CT molecular complexity index is 1130. The van der Waals surface area contributed by atoms with E-state index >= 15 is 0 Å². The fraction of sp³-hybridized carbons (Fsp3) is 0.417. The lowest BCUT2D eigenvalue weighted by atomic mass is 10.0. The summed E-state index contributed by atoms with van der Waals surface area (Å²) >= 11 is 1.70. The maximum absolute atomic E-state index is 13.3. The summed E-state index contributed by atoms with van der Waals surface area (Å²) in [5.74, 6) is 0.726. The van der Waals surface area contributed by atoms with E-state index < -0.39 is 0 Å². The van der Waals surface area contributed by atoms with Gasteiger partial charge in [-0.2, -0.15) is 0 Å². The second-order valence-electron chi connectivity index (χ2n) is 7.38. The van der Waals surface area contributed by atoms with Crippen molar-refractivity contribution in [3.8, 4) is 11.5 Å². The van der Waals surface area contributed by atoms with Crippen LogP contribution in [0.25, 0.3) is 10.8 Å². The molecule has 0 bridgehead atoms. The van der Waals surface area contributed by atoms with Crippen molar-refractivity contribution in [1.82, 2.24) is 9.88 Å². The lowest BCUT2D eigenvalue weighted by Gasteiger charge is -2.20. The second-order valence-corrected chi connectivity index (χ2v) is 8.64. The minimum atomic E-state index is -0.219. The minimum Gasteiger partial charge on any atom is -0.493 e. The third-order valence-electron chi connectivity index (χ3n) is 5.62. The molecular formula is C24H30N2O4S. The van der Waals surface area contributed by atoms with E-state index in [4.69, 9.17) is 9.47 Å². The number of carbonyl (C=O) groups is 1. The summed E-state index contributed by atoms with van der Waals surface area (Å²) in [5, 5.41) is 4.02. The molecule has 1 aromatic carbocycles. The number of nitrogens with zero attached hydrogens (tertiary/aromatic N) is 1. The van der Waals surface area contributed by atoms with Gasteiger partial charge >= 0.3 is 0 Å². The predicted molar refractivity (Wildman–Crippen MR) is 126 cm³/mol. The first-order valence-corrected chi connectivity index (χ1v) is 11.5. The quantitative estimate of drug-likeness (QED) is 0.510. The van der Waals surface area contributed by atoms with Crippen LogP contribution >= 0.6 is 11.3 Å². The Kier molecular flexibility index (Phi) is 7.38. The van der Waals surface area contributed by atoms with E-state index in [9.17, 15) is 9.59 Å². The fourth-order valence-electron chi connectivity index (χ4n) is 3.79. The number of hydrogen-bond acceptors (Lipinski definition) is 5. The van der Waals surface area contributed by atoms with Gasteiger partial charge in [-0.05, 0) is 43.5 Å². The van der Waals surface area contributed by atoms with Crippen LogP contribution in [0.4, 0.5) is 0 Å². The molecule has 2 aromatic heterocycles. The molecule has 2 heterocycles. The largest absolute Gasteiger partial charge is 0.493 e. The zero-order valence-electron chi connectivity index (χ0n) is 18.8. The number of methoxy groups -OCH3 is 2. The molecule has 0 unspecified atom stereocenters. The molecule has 1 amide bonds. The number of nitrogens with one attached hydrogen (secondary N) is 1. The summed E-state index contributed by atoms with van der Waals surface area (Å²) in [6.45, 7) is 6.65. The Morgan fingerprint density at radius 2 is 1.65 bits per heavy atom. The standard InChI is InChI=1S/C24H30N2O4S/c1-6-15(7-2)26-14-20(23(27)25-13-17-10-9-16(8-3)31-17)18-11-21(29-4)22(30-5)12-19(18)24(26)28/h9-12,14-15H,6-8,13H2,1-5H3,(H,25,27). The van der Waals surface area contributed by atoms with Gasteiger partial charge in [0.2, 0.25) is 0 Å². The number of ether oxygens (including phenoxy) is 2. The zero-order chi connectivity index (χ0) is 22.5. The van der Waals surface area contributed by atoms with Crippen molar-refractivity contribution in [2.24, 2.45) is 0 Å². The molecule has 0 saturated carbocycles. The summed E-state index contributed by atoms with van der Waals surface area (Å²) in [4.78, 5) is 28.9. The molecule has 31 heavy (non-hydrogen) atoms. The van der Waals surface area contributed by atoms with Gasteiger partial charge in [0.1, 0.15) is 0 Å². The zero-order valence-corrected chi connectivity index (χ0v) is 19.6. The maximum atomic E-state index is 13.3. The molecule has 1 N–H and O–H groups in total. The van der Waals surface area contributed by atoms with Gasteiger partial charge in [0.15, 0.2) is 11.5 Å². The van der Waals surface area contributed by atoms with E-state index in [-0.39, 0.29) is 17.5 Å². The number of carbonyl (C=O) groups excluding carboxylic acids is 1. The molecule has 0 fully saturated rings. The number of hydrogen-bond donors (Lipinski definition) is 1. The summed E-state index contributed by atoms with van der Waals surface area (Å²) in [7, 11) is 3.07. The number of pyridine rings is 1. The molecule has 0 radical (unpaired) electrons. The van der Waals surface area contributed by atoms with Gasteiger partial charge in [0.05, 0.1) is 31.7 Å². The Morgan fingerprint density at radius 1 is 1.03 bits per heavy atom. The normalized spacial score (nSPS) is 11.2. The SMILES string of the molecule is CCc1ccc(CNC(=O)c2cn(C(CC)CC)c(=O)c3cc(OC)c(OC)cc23)s1. The van der Waals surface area contributed by atoms with Gasteiger partial charge in [0, 0.05) is 27.4 Å². The third-order valence-corrected chi connectivity index (χ3v) is 6.85. The number of aromatic nitrogens is 1. The van der Waals surface area contributed by atoms with Crippen LogP contribution in [0, 0.1) is 0 Å². The van der Waals surface area contributed by atoms with Crippen LogP contribution in [-0.2, 0) is 13.0 Å². The van der Waals surface area contributed by atoms with E-state index in [1.54, 1.807) is 34.2 Å². The van der Waals surface area contributed by atoms with Crippen LogP contribution in [0.2, 0.25) is 0 Å². The number of thiophene rings is 1. The van der Waals surface area contributed by atoms with E-state index in [1.165, 1.54) is 19.1 Å². The van der Waals surface area contributed by atoms with Crippen molar-refractivity contribution in [3.63, 3.8) is 0 Å². The van der Waals surface area contributed by atoms with Crippen LogP contribution in [0.15, 0.2) is 35.3 Å². The highest BCUT2D eigenvalue weighted by molar-refractivity contribution is 7.11. The molecule has 0 spiro atoms. The number of amides is 1. The molecule has 7 heteroatoms. The first-order chi connectivity index (χ1) is 15.0. The molecule has 3 aromatic rings. The highest BCUT2D eigenvalue weighted by atomic mass is 32.1. The molecule has 0 atom stereocenters. The van der Waals surface area contributed by atoms with Crippen LogP contribution in [-0.4, -0.2) is 24.7 Å². The van der Waals surface area contributed by atoms with Crippen LogP contribution < -0.4 is 20.3 Å². The van der Waals surface area contributed by atoms with Crippen molar-refractivity contribution < 1.29 is 14.3 Å². The number of fused-ring (bicyclic) bond motifs is 1. The van der Waals surface area contributed by atoms with Gasteiger partial charge in [-0.15, -0.1) is 11.3 Å². The second kappa shape index (κ2) is 10.0. The van der Waals surface area contributed by atoms with E-state index in [1.807, 2.05) is 19.9 Å². The predicted octanol–water partition coefficient (Wildman–Crippen LogP) is 4.93. The highest BCUT2D eigenvalue weighted by Crippen LogP contribution is 2.33. The maximum Gasteiger partial charge on any atom is 0.258 e. The Balaban J connectivity index is 2.11. The van der Waals surface area contributed by atoms with Crippen molar-refractivity contribution in [2.75, 3.05) is 14.2 Å². The summed E-state index contributed by atoms with van der Waals surface area (Å²) in [5.41, 5.74) is 0.321. The van der Waals surface area contributed by atoms with Gasteiger partial charge in [0.25, 0.3) is 11.5 Å². The van der Waals surface area contributed by atoms with Crippen molar-refractivity contribution in [1.29, 1.82) is 0 Å². The molecule has 0 aliphatic heterocycles. The molecule has 0 aliphatic carbocycles. The van der Waals surface area contributed by atoms with Gasteiger partial charge in [-0.25, -0.2) is 0 Å².